The van der Waals surface area contributed by atoms with Crippen LogP contribution in [0.5, 0.6) is 0 Å². The summed E-state index contributed by atoms with van der Waals surface area (Å²) in [5.74, 6) is 1.26. The lowest BCUT2D eigenvalue weighted by Crippen LogP contribution is -2.08. The Bertz CT molecular complexity index is 1420. The van der Waals surface area contributed by atoms with Gasteiger partial charge in [-0.3, -0.25) is 4.98 Å². The number of hydrogen-bond donors (Lipinski definition) is 2. The van der Waals surface area contributed by atoms with E-state index in [4.69, 9.17) is 0 Å². The van der Waals surface area contributed by atoms with Crippen LogP contribution >= 0.6 is 0 Å². The molecule has 0 aliphatic heterocycles. The molecule has 0 radical (unpaired) electrons. The van der Waals surface area contributed by atoms with Crippen molar-refractivity contribution in [2.24, 2.45) is 0 Å². The lowest BCUT2D eigenvalue weighted by Gasteiger charge is -2.11. The maximum absolute atomic E-state index is 12.9. The van der Waals surface area contributed by atoms with Gasteiger partial charge in [0.15, 0.2) is 22.8 Å². The fraction of sp³-hybridized carbons (Fsp3) is 0.125. The molecule has 2 aromatic carbocycles. The summed E-state index contributed by atoms with van der Waals surface area (Å²) in [6.45, 7) is 0.803. The van der Waals surface area contributed by atoms with E-state index in [2.05, 4.69) is 35.6 Å². The van der Waals surface area contributed by atoms with E-state index in [9.17, 15) is 13.2 Å². The summed E-state index contributed by atoms with van der Waals surface area (Å²) in [5.41, 5.74) is 2.10. The van der Waals surface area contributed by atoms with Gasteiger partial charge < -0.3 is 15.2 Å². The van der Waals surface area contributed by atoms with Crippen molar-refractivity contribution in [2.45, 2.75) is 19.3 Å². The molecule has 0 aliphatic carbocycles. The Balaban J connectivity index is 1.48. The topological polar surface area (TPSA) is 93.4 Å². The van der Waals surface area contributed by atoms with Gasteiger partial charge in [-0.1, -0.05) is 42.5 Å². The largest absolute Gasteiger partial charge is 0.416 e. The third-order valence-corrected chi connectivity index (χ3v) is 5.20. The van der Waals surface area contributed by atoms with Crippen LogP contribution in [-0.4, -0.2) is 29.5 Å². The van der Waals surface area contributed by atoms with Gasteiger partial charge in [0.2, 0.25) is 5.95 Å². The number of aromatic nitrogens is 6. The predicted octanol–water partition coefficient (Wildman–Crippen LogP) is 5.04. The molecule has 0 bridgehead atoms. The summed E-state index contributed by atoms with van der Waals surface area (Å²) >= 11 is 0. The summed E-state index contributed by atoms with van der Waals surface area (Å²) in [4.78, 5) is 21.9. The SMILES string of the molecule is FC(F)(F)c1ccc(Cn2cnc3c(NCc4ccccc4)nc(Nc4cnccn4)nc32)cc1. The van der Waals surface area contributed by atoms with Crippen LogP contribution in [0.25, 0.3) is 11.2 Å². The van der Waals surface area contributed by atoms with Crippen molar-refractivity contribution in [3.63, 3.8) is 0 Å². The zero-order valence-electron chi connectivity index (χ0n) is 18.2. The molecule has 5 rings (SSSR count). The van der Waals surface area contributed by atoms with E-state index >= 15 is 0 Å². The Morgan fingerprint density at radius 2 is 1.66 bits per heavy atom. The molecule has 0 fully saturated rings. The Labute approximate surface area is 197 Å². The molecule has 0 spiro atoms. The molecule has 0 saturated heterocycles. The average molecular weight is 476 g/mol. The maximum atomic E-state index is 12.9. The Kier molecular flexibility index (Phi) is 5.96. The van der Waals surface area contributed by atoms with Gasteiger partial charge in [0.1, 0.15) is 0 Å². The van der Waals surface area contributed by atoms with Gasteiger partial charge >= 0.3 is 6.18 Å². The smallest absolute Gasteiger partial charge is 0.364 e. The lowest BCUT2D eigenvalue weighted by atomic mass is 10.1. The summed E-state index contributed by atoms with van der Waals surface area (Å²) in [7, 11) is 0. The van der Waals surface area contributed by atoms with Crippen molar-refractivity contribution in [1.29, 1.82) is 0 Å². The second-order valence-electron chi connectivity index (χ2n) is 7.69. The highest BCUT2D eigenvalue weighted by molar-refractivity contribution is 5.84. The van der Waals surface area contributed by atoms with Crippen LogP contribution in [0.4, 0.5) is 30.8 Å². The normalized spacial score (nSPS) is 11.5. The molecule has 8 nitrogen and oxygen atoms in total. The molecule has 0 saturated carbocycles. The van der Waals surface area contributed by atoms with Gasteiger partial charge in [-0.25, -0.2) is 9.97 Å². The van der Waals surface area contributed by atoms with E-state index in [1.165, 1.54) is 12.1 Å². The molecule has 0 aliphatic rings. The summed E-state index contributed by atoms with van der Waals surface area (Å²) in [5, 5.41) is 6.34. The number of nitrogens with zero attached hydrogens (tertiary/aromatic N) is 6. The summed E-state index contributed by atoms with van der Waals surface area (Å²) in [6, 6.07) is 14.9. The van der Waals surface area contributed by atoms with Gasteiger partial charge in [-0.15, -0.1) is 0 Å². The highest BCUT2D eigenvalue weighted by Crippen LogP contribution is 2.29. The fourth-order valence-corrected chi connectivity index (χ4v) is 3.49. The first-order valence-corrected chi connectivity index (χ1v) is 10.7. The maximum Gasteiger partial charge on any atom is 0.416 e. The number of benzene rings is 2. The van der Waals surface area contributed by atoms with E-state index in [-0.39, 0.29) is 12.5 Å². The first-order chi connectivity index (χ1) is 17.0. The first-order valence-electron chi connectivity index (χ1n) is 10.7. The van der Waals surface area contributed by atoms with Gasteiger partial charge in [0.05, 0.1) is 24.6 Å². The number of anilines is 3. The van der Waals surface area contributed by atoms with Crippen LogP contribution < -0.4 is 10.6 Å². The number of alkyl halides is 3. The monoisotopic (exact) mass is 476 g/mol. The quantitative estimate of drug-likeness (QED) is 0.340. The van der Waals surface area contributed by atoms with E-state index in [1.807, 2.05) is 30.3 Å². The number of imidazole rings is 1. The number of rotatable bonds is 7. The van der Waals surface area contributed by atoms with Gasteiger partial charge in [-0.05, 0) is 23.3 Å². The molecule has 3 heterocycles. The summed E-state index contributed by atoms with van der Waals surface area (Å²) in [6.07, 6.45) is 1.86. The molecule has 0 unspecified atom stereocenters. The van der Waals surface area contributed by atoms with E-state index in [0.29, 0.717) is 34.9 Å². The molecule has 3 aromatic heterocycles. The molecule has 35 heavy (non-hydrogen) atoms. The van der Waals surface area contributed by atoms with E-state index in [0.717, 1.165) is 17.7 Å². The first kappa shape index (κ1) is 22.3. The van der Waals surface area contributed by atoms with Gasteiger partial charge in [0.25, 0.3) is 0 Å². The van der Waals surface area contributed by atoms with Crippen molar-refractivity contribution < 1.29 is 13.2 Å². The Morgan fingerprint density at radius 1 is 0.857 bits per heavy atom. The third-order valence-electron chi connectivity index (χ3n) is 5.20. The third kappa shape index (κ3) is 5.18. The van der Waals surface area contributed by atoms with Crippen LogP contribution in [0.1, 0.15) is 16.7 Å². The minimum atomic E-state index is -4.38. The van der Waals surface area contributed by atoms with Gasteiger partial charge in [-0.2, -0.15) is 23.1 Å². The lowest BCUT2D eigenvalue weighted by molar-refractivity contribution is -0.137. The number of halogens is 3. The molecule has 2 N–H and O–H groups in total. The molecular formula is C24H19F3N8. The molecular weight excluding hydrogens is 457 g/mol. The molecule has 5 aromatic rings. The molecule has 176 valence electrons. The van der Waals surface area contributed by atoms with E-state index < -0.39 is 11.7 Å². The number of nitrogens with one attached hydrogen (secondary N) is 2. The Morgan fingerprint density at radius 3 is 2.37 bits per heavy atom. The van der Waals surface area contributed by atoms with Crippen LogP contribution in [0.3, 0.4) is 0 Å². The van der Waals surface area contributed by atoms with Crippen molar-refractivity contribution in [3.8, 4) is 0 Å². The minimum Gasteiger partial charge on any atom is -0.364 e. The van der Waals surface area contributed by atoms with Crippen LogP contribution in [-0.2, 0) is 19.3 Å². The zero-order valence-corrected chi connectivity index (χ0v) is 18.2. The van der Waals surface area contributed by atoms with Gasteiger partial charge in [0, 0.05) is 18.9 Å². The minimum absolute atomic E-state index is 0.280. The number of hydrogen-bond acceptors (Lipinski definition) is 7. The van der Waals surface area contributed by atoms with Crippen LogP contribution in [0.2, 0.25) is 0 Å². The molecule has 11 heteroatoms. The summed E-state index contributed by atoms with van der Waals surface area (Å²) < 4.78 is 40.5. The van der Waals surface area contributed by atoms with Crippen LogP contribution in [0, 0.1) is 0 Å². The second kappa shape index (κ2) is 9.37. The highest BCUT2D eigenvalue weighted by atomic mass is 19.4. The van der Waals surface area contributed by atoms with E-state index in [1.54, 1.807) is 29.5 Å². The Hall–Kier alpha value is -4.54. The average Bonchev–Trinajstić information content (AvgIpc) is 3.26. The second-order valence-corrected chi connectivity index (χ2v) is 7.69. The zero-order chi connectivity index (χ0) is 24.3. The van der Waals surface area contributed by atoms with Crippen molar-refractivity contribution in [1.82, 2.24) is 29.5 Å². The number of fused-ring (bicyclic) bond motifs is 1. The molecule has 0 amide bonds. The fourth-order valence-electron chi connectivity index (χ4n) is 3.49. The standard InChI is InChI=1S/C24H19F3N8/c25-24(26,27)18-8-6-17(7-9-18)14-35-15-31-20-21(30-12-16-4-2-1-3-5-16)33-23(34-22(20)35)32-19-13-28-10-11-29-19/h1-11,13,15H,12,14H2,(H2,29,30,32,33,34). The van der Waals surface area contributed by atoms with Crippen molar-refractivity contribution >= 4 is 28.7 Å². The highest BCUT2D eigenvalue weighted by Gasteiger charge is 2.30. The van der Waals surface area contributed by atoms with Crippen LogP contribution in [0.15, 0.2) is 79.5 Å². The van der Waals surface area contributed by atoms with Crippen molar-refractivity contribution in [3.05, 3.63) is 96.2 Å². The molecule has 0 atom stereocenters. The van der Waals surface area contributed by atoms with Crippen molar-refractivity contribution in [2.75, 3.05) is 10.6 Å². The predicted molar refractivity (Wildman–Crippen MR) is 125 cm³/mol.